The molecule has 0 fully saturated rings. The van der Waals surface area contributed by atoms with E-state index >= 15 is 0 Å². The molecule has 1 aromatic rings. The molecule has 0 bridgehead atoms. The normalized spacial score (nSPS) is 14.0. The summed E-state index contributed by atoms with van der Waals surface area (Å²) >= 11 is 0. The number of hydrogen-bond donors (Lipinski definition) is 3. The van der Waals surface area contributed by atoms with Gasteiger partial charge >= 0.3 is 7.82 Å². The van der Waals surface area contributed by atoms with Crippen molar-refractivity contribution in [2.75, 3.05) is 0 Å². The third-order valence-corrected chi connectivity index (χ3v) is 2.04. The van der Waals surface area contributed by atoms with Crippen LogP contribution in [0.4, 0.5) is 0 Å². The molecule has 0 spiro atoms. The zero-order valence-corrected chi connectivity index (χ0v) is 8.39. The molecule has 0 saturated heterocycles. The van der Waals surface area contributed by atoms with E-state index in [0.717, 1.165) is 5.56 Å². The van der Waals surface area contributed by atoms with Crippen LogP contribution < -0.4 is 0 Å². The molecule has 1 rings (SSSR count). The van der Waals surface area contributed by atoms with Gasteiger partial charge in [-0.1, -0.05) is 29.8 Å². The third-order valence-electron chi connectivity index (χ3n) is 1.56. The Morgan fingerprint density at radius 2 is 2.07 bits per heavy atom. The summed E-state index contributed by atoms with van der Waals surface area (Å²) < 4.78 is 14.5. The van der Waals surface area contributed by atoms with Gasteiger partial charge in [0.2, 0.25) is 0 Å². The molecule has 0 aliphatic rings. The molecule has 6 heteroatoms. The minimum absolute atomic E-state index is 0.313. The van der Waals surface area contributed by atoms with Gasteiger partial charge in [0.15, 0.2) is 6.29 Å². The van der Waals surface area contributed by atoms with Crippen LogP contribution in [-0.2, 0) is 9.09 Å². The Hall–Kier alpha value is -0.710. The van der Waals surface area contributed by atoms with Crippen molar-refractivity contribution in [1.29, 1.82) is 0 Å². The number of aliphatic hydroxyl groups is 1. The lowest BCUT2D eigenvalue weighted by molar-refractivity contribution is -0.0388. The van der Waals surface area contributed by atoms with Crippen molar-refractivity contribution in [3.63, 3.8) is 0 Å². The molecule has 0 aromatic heterocycles. The number of benzene rings is 1. The second-order valence-electron chi connectivity index (χ2n) is 2.86. The van der Waals surface area contributed by atoms with E-state index < -0.39 is 14.1 Å². The fourth-order valence-corrected chi connectivity index (χ4v) is 1.40. The average Bonchev–Trinajstić information content (AvgIpc) is 2.01. The lowest BCUT2D eigenvalue weighted by atomic mass is 10.1. The topological polar surface area (TPSA) is 87.0 Å². The van der Waals surface area contributed by atoms with Crippen molar-refractivity contribution in [2.24, 2.45) is 0 Å². The molecule has 0 radical (unpaired) electrons. The van der Waals surface area contributed by atoms with Crippen molar-refractivity contribution in [2.45, 2.75) is 13.2 Å². The zero-order chi connectivity index (χ0) is 10.8. The first kappa shape index (κ1) is 11.4. The fourth-order valence-electron chi connectivity index (χ4n) is 1.01. The van der Waals surface area contributed by atoms with Gasteiger partial charge in [-0.2, -0.15) is 0 Å². The Kier molecular flexibility index (Phi) is 3.42. The summed E-state index contributed by atoms with van der Waals surface area (Å²) in [6.45, 7) is 1.80. The van der Waals surface area contributed by atoms with Crippen LogP contribution in [0.25, 0.3) is 0 Å². The van der Waals surface area contributed by atoms with Gasteiger partial charge in [0.1, 0.15) is 0 Å². The van der Waals surface area contributed by atoms with Crippen LogP contribution in [-0.4, -0.2) is 14.9 Å². The Balaban J connectivity index is 2.80. The SMILES string of the molecule is Cc1cccc(C(O)OP(=O)(O)O)c1. The molecule has 3 N–H and O–H groups in total. The summed E-state index contributed by atoms with van der Waals surface area (Å²) in [6.07, 6.45) is -1.60. The van der Waals surface area contributed by atoms with E-state index in [9.17, 15) is 9.67 Å². The molecular formula is C8H11O5P. The minimum atomic E-state index is -4.65. The van der Waals surface area contributed by atoms with Crippen LogP contribution in [0.15, 0.2) is 24.3 Å². The first-order valence-electron chi connectivity index (χ1n) is 3.87. The second kappa shape index (κ2) is 4.21. The molecule has 14 heavy (non-hydrogen) atoms. The van der Waals surface area contributed by atoms with Crippen molar-refractivity contribution in [3.05, 3.63) is 35.4 Å². The zero-order valence-electron chi connectivity index (χ0n) is 7.49. The number of phosphoric ester groups is 1. The van der Waals surface area contributed by atoms with Gasteiger partial charge in [0, 0.05) is 5.56 Å². The monoisotopic (exact) mass is 218 g/mol. The Morgan fingerprint density at radius 3 is 2.57 bits per heavy atom. The van der Waals surface area contributed by atoms with Gasteiger partial charge in [-0.3, -0.25) is 4.52 Å². The van der Waals surface area contributed by atoms with Crippen LogP contribution in [0.2, 0.25) is 0 Å². The number of phosphoric acid groups is 1. The highest BCUT2D eigenvalue weighted by Crippen LogP contribution is 2.41. The van der Waals surface area contributed by atoms with Crippen molar-refractivity contribution >= 4 is 7.82 Å². The van der Waals surface area contributed by atoms with Crippen LogP contribution in [0.1, 0.15) is 17.4 Å². The number of aryl methyl sites for hydroxylation is 1. The minimum Gasteiger partial charge on any atom is -0.364 e. The van der Waals surface area contributed by atoms with E-state index in [4.69, 9.17) is 9.79 Å². The number of rotatable bonds is 3. The van der Waals surface area contributed by atoms with Crippen molar-refractivity contribution in [3.8, 4) is 0 Å². The summed E-state index contributed by atoms with van der Waals surface area (Å²) in [6, 6.07) is 6.57. The lowest BCUT2D eigenvalue weighted by Crippen LogP contribution is -2.01. The third kappa shape index (κ3) is 3.57. The van der Waals surface area contributed by atoms with Crippen molar-refractivity contribution in [1.82, 2.24) is 0 Å². The van der Waals surface area contributed by atoms with E-state index in [1.165, 1.54) is 6.07 Å². The number of aliphatic hydroxyl groups excluding tert-OH is 1. The second-order valence-corrected chi connectivity index (χ2v) is 4.05. The largest absolute Gasteiger partial charge is 0.472 e. The van der Waals surface area contributed by atoms with Gasteiger partial charge in [-0.15, -0.1) is 0 Å². The Morgan fingerprint density at radius 1 is 1.43 bits per heavy atom. The molecule has 0 aliphatic carbocycles. The summed E-state index contributed by atoms with van der Waals surface area (Å²) in [5.74, 6) is 0. The summed E-state index contributed by atoms with van der Waals surface area (Å²) in [4.78, 5) is 16.9. The highest BCUT2D eigenvalue weighted by molar-refractivity contribution is 7.46. The van der Waals surface area contributed by atoms with Crippen molar-refractivity contribution < 1.29 is 24.0 Å². The molecule has 78 valence electrons. The van der Waals surface area contributed by atoms with Gasteiger partial charge in [0.05, 0.1) is 0 Å². The molecular weight excluding hydrogens is 207 g/mol. The molecule has 1 unspecified atom stereocenters. The van der Waals surface area contributed by atoms with E-state index in [-0.39, 0.29) is 0 Å². The summed E-state index contributed by atoms with van der Waals surface area (Å²) in [7, 11) is -4.65. The van der Waals surface area contributed by atoms with E-state index in [0.29, 0.717) is 5.56 Å². The molecule has 1 atom stereocenters. The summed E-state index contributed by atoms with van der Waals surface area (Å²) in [5, 5.41) is 9.27. The quantitative estimate of drug-likeness (QED) is 0.522. The fraction of sp³-hybridized carbons (Fsp3) is 0.250. The smallest absolute Gasteiger partial charge is 0.364 e. The summed E-state index contributed by atoms with van der Waals surface area (Å²) in [5.41, 5.74) is 1.18. The van der Waals surface area contributed by atoms with Crippen LogP contribution in [0, 0.1) is 6.92 Å². The lowest BCUT2D eigenvalue weighted by Gasteiger charge is -2.12. The van der Waals surface area contributed by atoms with Gasteiger partial charge in [0.25, 0.3) is 0 Å². The molecule has 0 aliphatic heterocycles. The standard InChI is InChI=1S/C8H11O5P/c1-6-3-2-4-7(5-6)8(9)13-14(10,11)12/h2-5,8-9H,1H3,(H2,10,11,12). The predicted molar refractivity (Wildman–Crippen MR) is 49.3 cm³/mol. The molecule has 0 heterocycles. The maximum Gasteiger partial charge on any atom is 0.472 e. The van der Waals surface area contributed by atoms with Crippen LogP contribution in [0.3, 0.4) is 0 Å². The maximum atomic E-state index is 10.4. The van der Waals surface area contributed by atoms with Gasteiger partial charge < -0.3 is 14.9 Å². The molecule has 0 saturated carbocycles. The number of hydrogen-bond acceptors (Lipinski definition) is 3. The predicted octanol–water partition coefficient (Wildman–Crippen LogP) is 1.10. The van der Waals surface area contributed by atoms with Crippen LogP contribution in [0.5, 0.6) is 0 Å². The highest BCUT2D eigenvalue weighted by atomic mass is 31.2. The molecule has 5 nitrogen and oxygen atoms in total. The van der Waals surface area contributed by atoms with Crippen LogP contribution >= 0.6 is 7.82 Å². The van der Waals surface area contributed by atoms with Gasteiger partial charge in [-0.05, 0) is 6.92 Å². The molecule has 0 amide bonds. The van der Waals surface area contributed by atoms with E-state index in [2.05, 4.69) is 4.52 Å². The Labute approximate surface area is 81.2 Å². The Bertz CT molecular complexity index is 359. The first-order valence-corrected chi connectivity index (χ1v) is 5.40. The molecule has 1 aromatic carbocycles. The van der Waals surface area contributed by atoms with Gasteiger partial charge in [-0.25, -0.2) is 4.57 Å². The van der Waals surface area contributed by atoms with E-state index in [1.54, 1.807) is 25.1 Å². The maximum absolute atomic E-state index is 10.4. The highest BCUT2D eigenvalue weighted by Gasteiger charge is 2.21. The average molecular weight is 218 g/mol. The van der Waals surface area contributed by atoms with E-state index in [1.807, 2.05) is 0 Å². The first-order chi connectivity index (χ1) is 6.38.